The first-order valence-corrected chi connectivity index (χ1v) is 8.48. The van der Waals surface area contributed by atoms with Gasteiger partial charge in [0.2, 0.25) is 0 Å². The first kappa shape index (κ1) is 13.5. The molecule has 1 atom stereocenters. The van der Waals surface area contributed by atoms with Crippen LogP contribution in [-0.2, 0) is 17.8 Å². The van der Waals surface area contributed by atoms with Gasteiger partial charge in [-0.1, -0.05) is 6.92 Å². The van der Waals surface area contributed by atoms with Gasteiger partial charge in [-0.3, -0.25) is 0 Å². The van der Waals surface area contributed by atoms with Crippen molar-refractivity contribution in [1.29, 1.82) is 0 Å². The van der Waals surface area contributed by atoms with Crippen LogP contribution in [0.15, 0.2) is 0 Å². The van der Waals surface area contributed by atoms with Gasteiger partial charge in [0, 0.05) is 30.0 Å². The molecule has 19 heavy (non-hydrogen) atoms. The van der Waals surface area contributed by atoms with Crippen molar-refractivity contribution < 1.29 is 4.74 Å². The summed E-state index contributed by atoms with van der Waals surface area (Å²) >= 11 is 1.88. The van der Waals surface area contributed by atoms with Crippen LogP contribution in [-0.4, -0.2) is 24.2 Å². The van der Waals surface area contributed by atoms with Crippen molar-refractivity contribution in [2.75, 3.05) is 13.2 Å². The fourth-order valence-electron chi connectivity index (χ4n) is 2.72. The minimum Gasteiger partial charge on any atom is -0.374 e. The smallest absolute Gasteiger partial charge is 0.119 e. The molecule has 106 valence electrons. The average molecular weight is 280 g/mol. The summed E-state index contributed by atoms with van der Waals surface area (Å²) in [6, 6.07) is 0.802. The van der Waals surface area contributed by atoms with E-state index >= 15 is 0 Å². The second-order valence-corrected chi connectivity index (χ2v) is 6.91. The molecule has 2 aliphatic carbocycles. The highest BCUT2D eigenvalue weighted by Crippen LogP contribution is 2.35. The van der Waals surface area contributed by atoms with Crippen molar-refractivity contribution in [1.82, 2.24) is 10.3 Å². The van der Waals surface area contributed by atoms with Crippen LogP contribution in [0.1, 0.15) is 60.5 Å². The van der Waals surface area contributed by atoms with Crippen LogP contribution < -0.4 is 5.32 Å². The molecule has 1 N–H and O–H groups in total. The highest BCUT2D eigenvalue weighted by molar-refractivity contribution is 7.11. The van der Waals surface area contributed by atoms with Gasteiger partial charge in [0.1, 0.15) is 5.01 Å². The van der Waals surface area contributed by atoms with Gasteiger partial charge in [0.25, 0.3) is 0 Å². The molecule has 0 aromatic carbocycles. The Kier molecular flexibility index (Phi) is 4.51. The summed E-state index contributed by atoms with van der Waals surface area (Å²) in [6.07, 6.45) is 7.66. The van der Waals surface area contributed by atoms with Crippen molar-refractivity contribution in [2.45, 2.75) is 64.0 Å². The van der Waals surface area contributed by atoms with Gasteiger partial charge < -0.3 is 10.1 Å². The average Bonchev–Trinajstić information content (AvgIpc) is 3.15. The second-order valence-electron chi connectivity index (χ2n) is 5.74. The van der Waals surface area contributed by atoms with Gasteiger partial charge in [0.15, 0.2) is 0 Å². The van der Waals surface area contributed by atoms with E-state index in [1.54, 1.807) is 0 Å². The Bertz CT molecular complexity index is 414. The third-order valence-corrected chi connectivity index (χ3v) is 5.02. The maximum absolute atomic E-state index is 5.62. The lowest BCUT2D eigenvalue weighted by Crippen LogP contribution is -2.25. The molecule has 1 fully saturated rings. The minimum atomic E-state index is 0.639. The van der Waals surface area contributed by atoms with E-state index in [1.807, 2.05) is 11.3 Å². The molecule has 1 saturated carbocycles. The number of ether oxygens (including phenoxy) is 1. The van der Waals surface area contributed by atoms with E-state index in [9.17, 15) is 0 Å². The zero-order valence-electron chi connectivity index (χ0n) is 11.8. The number of aromatic nitrogens is 1. The number of nitrogens with one attached hydrogen (secondary N) is 1. The molecule has 1 unspecified atom stereocenters. The van der Waals surface area contributed by atoms with Gasteiger partial charge in [-0.15, -0.1) is 11.3 Å². The Morgan fingerprint density at radius 2 is 2.26 bits per heavy atom. The van der Waals surface area contributed by atoms with Crippen molar-refractivity contribution in [3.63, 3.8) is 0 Å². The molecule has 0 bridgehead atoms. The monoisotopic (exact) mass is 280 g/mol. The van der Waals surface area contributed by atoms with Crippen LogP contribution in [0, 0.1) is 0 Å². The summed E-state index contributed by atoms with van der Waals surface area (Å²) < 4.78 is 5.62. The molecule has 1 aromatic heterocycles. The van der Waals surface area contributed by atoms with E-state index < -0.39 is 0 Å². The van der Waals surface area contributed by atoms with Gasteiger partial charge >= 0.3 is 0 Å². The highest BCUT2D eigenvalue weighted by Gasteiger charge is 2.27. The zero-order valence-corrected chi connectivity index (χ0v) is 12.6. The molecule has 0 saturated heterocycles. The topological polar surface area (TPSA) is 34.1 Å². The molecule has 1 aromatic rings. The molecular weight excluding hydrogens is 256 g/mol. The van der Waals surface area contributed by atoms with Gasteiger partial charge in [0.05, 0.1) is 12.3 Å². The molecule has 1 heterocycles. The zero-order chi connectivity index (χ0) is 13.1. The van der Waals surface area contributed by atoms with E-state index in [1.165, 1.54) is 47.7 Å². The Hall–Kier alpha value is -0.450. The SMILES string of the molecule is CCCOCc1nc2c(s1)CCCC2CNC1CC1. The molecule has 3 nitrogen and oxygen atoms in total. The van der Waals surface area contributed by atoms with Crippen LogP contribution in [0.2, 0.25) is 0 Å². The molecule has 0 aliphatic heterocycles. The Morgan fingerprint density at radius 3 is 3.05 bits per heavy atom. The normalized spacial score (nSPS) is 22.5. The number of thiazole rings is 1. The van der Waals surface area contributed by atoms with Gasteiger partial charge in [-0.05, 0) is 38.5 Å². The lowest BCUT2D eigenvalue weighted by Gasteiger charge is -2.21. The van der Waals surface area contributed by atoms with E-state index in [-0.39, 0.29) is 0 Å². The number of aryl methyl sites for hydroxylation is 1. The van der Waals surface area contributed by atoms with Crippen LogP contribution in [0.3, 0.4) is 0 Å². The lowest BCUT2D eigenvalue weighted by molar-refractivity contribution is 0.121. The summed E-state index contributed by atoms with van der Waals surface area (Å²) in [5, 5.41) is 4.84. The predicted octanol–water partition coefficient (Wildman–Crippen LogP) is 3.24. The molecule has 3 rings (SSSR count). The van der Waals surface area contributed by atoms with Crippen molar-refractivity contribution in [2.24, 2.45) is 0 Å². The molecule has 0 spiro atoms. The number of hydrogen-bond acceptors (Lipinski definition) is 4. The standard InChI is InChI=1S/C15H24N2OS/c1-2-8-18-10-14-17-15-11(9-16-12-6-7-12)4-3-5-13(15)19-14/h11-12,16H,2-10H2,1H3. The van der Waals surface area contributed by atoms with E-state index in [2.05, 4.69) is 12.2 Å². The van der Waals surface area contributed by atoms with E-state index in [4.69, 9.17) is 9.72 Å². The van der Waals surface area contributed by atoms with Crippen molar-refractivity contribution in [3.8, 4) is 0 Å². The van der Waals surface area contributed by atoms with Crippen molar-refractivity contribution in [3.05, 3.63) is 15.6 Å². The van der Waals surface area contributed by atoms with Gasteiger partial charge in [-0.2, -0.15) is 0 Å². The first-order valence-electron chi connectivity index (χ1n) is 7.66. The quantitative estimate of drug-likeness (QED) is 0.779. The van der Waals surface area contributed by atoms with E-state index in [0.717, 1.165) is 25.6 Å². The van der Waals surface area contributed by atoms with Crippen LogP contribution in [0.5, 0.6) is 0 Å². The van der Waals surface area contributed by atoms with Gasteiger partial charge in [-0.25, -0.2) is 4.98 Å². The largest absolute Gasteiger partial charge is 0.374 e. The third-order valence-electron chi connectivity index (χ3n) is 3.92. The third kappa shape index (κ3) is 3.56. The summed E-state index contributed by atoms with van der Waals surface area (Å²) in [5.41, 5.74) is 1.37. The second kappa shape index (κ2) is 6.33. The predicted molar refractivity (Wildman–Crippen MR) is 78.8 cm³/mol. The Morgan fingerprint density at radius 1 is 1.37 bits per heavy atom. The number of rotatable bonds is 7. The molecular formula is C15H24N2OS. The Balaban J connectivity index is 1.61. The highest BCUT2D eigenvalue weighted by atomic mass is 32.1. The first-order chi connectivity index (χ1) is 9.36. The van der Waals surface area contributed by atoms with Crippen LogP contribution in [0.25, 0.3) is 0 Å². The lowest BCUT2D eigenvalue weighted by atomic mass is 9.91. The van der Waals surface area contributed by atoms with Crippen LogP contribution in [0.4, 0.5) is 0 Å². The molecule has 0 amide bonds. The van der Waals surface area contributed by atoms with Crippen LogP contribution >= 0.6 is 11.3 Å². The maximum atomic E-state index is 5.62. The maximum Gasteiger partial charge on any atom is 0.119 e. The Labute approximate surface area is 119 Å². The minimum absolute atomic E-state index is 0.639. The summed E-state index contributed by atoms with van der Waals surface area (Å²) in [4.78, 5) is 6.37. The summed E-state index contributed by atoms with van der Waals surface area (Å²) in [5.74, 6) is 0.639. The number of fused-ring (bicyclic) bond motifs is 1. The summed E-state index contributed by atoms with van der Waals surface area (Å²) in [6.45, 7) is 4.81. The molecule has 4 heteroatoms. The fourth-order valence-corrected chi connectivity index (χ4v) is 3.85. The number of nitrogens with zero attached hydrogens (tertiary/aromatic N) is 1. The fraction of sp³-hybridized carbons (Fsp3) is 0.800. The molecule has 2 aliphatic rings. The number of hydrogen-bond donors (Lipinski definition) is 1. The van der Waals surface area contributed by atoms with Crippen molar-refractivity contribution >= 4 is 11.3 Å². The molecule has 0 radical (unpaired) electrons. The summed E-state index contributed by atoms with van der Waals surface area (Å²) in [7, 11) is 0. The van der Waals surface area contributed by atoms with E-state index in [0.29, 0.717) is 12.5 Å².